The molecule has 339 valence electrons. The Morgan fingerprint density at radius 2 is 0.800 bits per heavy atom. The van der Waals surface area contributed by atoms with Crippen LogP contribution in [0.5, 0.6) is 0 Å². The Morgan fingerprint density at radius 1 is 0.371 bits per heavy atom. The molecule has 3 aliphatic rings. The van der Waals surface area contributed by atoms with Crippen LogP contribution in [-0.2, 0) is 0 Å². The standard InChI is InChI=1S/C27H24BN2.C21H19BN.C15H15BN/c1-20-17-21(2)19-24(18-20)29(22-11-5-3-6-12-22)27-28-25-15-9-10-16-26(25)30(27)23-13-7-4-8-14-23;1-15-12-16(2)14-17(13-15)21-22-19-10-6-7-11-20(19)23(21)18-8-4-3-5-9-18;1-11-7-12(2)9-13(8-11)17-10-16-14-5-3-4-6-15(14)17/h3-19,27H,1-2H3;3-14,21H,1-2H3;3-9H,10H2,1-2H3. The Balaban J connectivity index is 0.000000127. The summed E-state index contributed by atoms with van der Waals surface area (Å²) in [6.07, 6.45) is 0.974. The average Bonchev–Trinajstić information content (AvgIpc) is 4.09. The van der Waals surface area contributed by atoms with Gasteiger partial charge in [-0.15, -0.1) is 0 Å². The number of hydrogen-bond donors (Lipinski definition) is 0. The number of benzene rings is 9. The molecule has 0 aliphatic carbocycles. The van der Waals surface area contributed by atoms with Crippen molar-refractivity contribution in [2.75, 3.05) is 26.0 Å². The van der Waals surface area contributed by atoms with E-state index in [-0.39, 0.29) is 12.0 Å². The first-order valence-corrected chi connectivity index (χ1v) is 24.5. The van der Waals surface area contributed by atoms with Gasteiger partial charge in [0.25, 0.3) is 0 Å². The third kappa shape index (κ3) is 9.93. The Kier molecular flexibility index (Phi) is 13.5. The van der Waals surface area contributed by atoms with E-state index in [1.807, 2.05) is 0 Å². The minimum atomic E-state index is 0.0356. The third-order valence-electron chi connectivity index (χ3n) is 13.3. The first kappa shape index (κ1) is 46.1. The van der Waals surface area contributed by atoms with Gasteiger partial charge in [-0.3, -0.25) is 0 Å². The van der Waals surface area contributed by atoms with Gasteiger partial charge in [-0.05, 0) is 155 Å². The van der Waals surface area contributed by atoms with Crippen LogP contribution in [0, 0.1) is 41.5 Å². The van der Waals surface area contributed by atoms with Crippen molar-refractivity contribution in [1.82, 2.24) is 0 Å². The maximum absolute atomic E-state index is 2.44. The van der Waals surface area contributed by atoms with E-state index in [4.69, 9.17) is 0 Å². The van der Waals surface area contributed by atoms with Gasteiger partial charge >= 0.3 is 0 Å². The van der Waals surface area contributed by atoms with Crippen molar-refractivity contribution in [2.24, 2.45) is 0 Å². The molecule has 7 heteroatoms. The quantitative estimate of drug-likeness (QED) is 0.148. The van der Waals surface area contributed by atoms with Crippen molar-refractivity contribution in [3.05, 3.63) is 257 Å². The van der Waals surface area contributed by atoms with Crippen LogP contribution < -0.4 is 36.0 Å². The molecule has 2 unspecified atom stereocenters. The van der Waals surface area contributed by atoms with Crippen LogP contribution in [0.1, 0.15) is 44.9 Å². The smallest absolute Gasteiger partial charge is 0.212 e. The molecule has 0 N–H and O–H groups in total. The van der Waals surface area contributed by atoms with Gasteiger partial charge in [0.05, 0.1) is 6.07 Å². The summed E-state index contributed by atoms with van der Waals surface area (Å²) in [4.78, 5) is 9.67. The monoisotopic (exact) mass is 903 g/mol. The minimum Gasteiger partial charge on any atom is -0.350 e. The van der Waals surface area contributed by atoms with Gasteiger partial charge in [-0.2, -0.15) is 0 Å². The molecule has 12 rings (SSSR count). The highest BCUT2D eigenvalue weighted by Crippen LogP contribution is 2.40. The predicted octanol–water partition coefficient (Wildman–Crippen LogP) is 13.1. The summed E-state index contributed by atoms with van der Waals surface area (Å²) in [7, 11) is 7.02. The number of nitrogens with zero attached hydrogens (tertiary/aromatic N) is 4. The SMILES string of the molecule is Cc1cc(C)cc(C2[B]c3ccccc3N2c2ccccc2)c1.Cc1cc(C)cc(N(c2ccccc2)C2[B]c3ccccc3N2c2ccccc2)c1.Cc1cc(C)cc(N2C[B]c3ccccc32)c1. The van der Waals surface area contributed by atoms with Gasteiger partial charge in [0.2, 0.25) is 7.28 Å². The second kappa shape index (κ2) is 20.5. The summed E-state index contributed by atoms with van der Waals surface area (Å²) in [6, 6.07) is 78.3. The van der Waals surface area contributed by atoms with Gasteiger partial charge < -0.3 is 19.6 Å². The van der Waals surface area contributed by atoms with Gasteiger partial charge in [0.1, 0.15) is 0 Å². The predicted molar refractivity (Wildman–Crippen MR) is 303 cm³/mol. The molecule has 4 nitrogen and oxygen atoms in total. The van der Waals surface area contributed by atoms with Crippen molar-refractivity contribution in [3.63, 3.8) is 0 Å². The summed E-state index contributed by atoms with van der Waals surface area (Å²) in [5.41, 5.74) is 23.0. The van der Waals surface area contributed by atoms with Crippen LogP contribution in [0.25, 0.3) is 0 Å². The molecule has 0 bridgehead atoms. The van der Waals surface area contributed by atoms with Crippen LogP contribution in [0.4, 0.5) is 45.5 Å². The lowest BCUT2D eigenvalue weighted by Crippen LogP contribution is -2.45. The van der Waals surface area contributed by atoms with E-state index in [1.165, 1.54) is 101 Å². The Bertz CT molecular complexity index is 3170. The maximum Gasteiger partial charge on any atom is 0.212 e. The summed E-state index contributed by atoms with van der Waals surface area (Å²) >= 11 is 0. The number of fused-ring (bicyclic) bond motifs is 3. The normalized spacial score (nSPS) is 14.9. The summed E-state index contributed by atoms with van der Waals surface area (Å²) < 4.78 is 0. The molecule has 0 fully saturated rings. The molecular formula is C63H58B3N4. The lowest BCUT2D eigenvalue weighted by Gasteiger charge is -2.39. The third-order valence-corrected chi connectivity index (χ3v) is 13.3. The van der Waals surface area contributed by atoms with Crippen molar-refractivity contribution in [2.45, 2.75) is 53.5 Å². The first-order chi connectivity index (χ1) is 34.2. The Morgan fingerprint density at radius 3 is 1.37 bits per heavy atom. The number of rotatable bonds is 7. The first-order valence-electron chi connectivity index (χ1n) is 24.5. The highest BCUT2D eigenvalue weighted by molar-refractivity contribution is 6.61. The van der Waals surface area contributed by atoms with Crippen LogP contribution in [-0.4, -0.2) is 34.3 Å². The fraction of sp³-hybridized carbons (Fsp3) is 0.143. The van der Waals surface area contributed by atoms with Crippen molar-refractivity contribution in [1.29, 1.82) is 0 Å². The molecule has 0 saturated heterocycles. The summed E-state index contributed by atoms with van der Waals surface area (Å²) in [5.74, 6) is 0.244. The van der Waals surface area contributed by atoms with Gasteiger partial charge in [0.15, 0.2) is 14.6 Å². The van der Waals surface area contributed by atoms with Crippen molar-refractivity contribution < 1.29 is 0 Å². The van der Waals surface area contributed by atoms with E-state index >= 15 is 0 Å². The summed E-state index contributed by atoms with van der Waals surface area (Å²) in [5, 5.41) is 0. The number of hydrogen-bond acceptors (Lipinski definition) is 4. The molecular weight excluding hydrogens is 845 g/mol. The molecule has 0 spiro atoms. The lowest BCUT2D eigenvalue weighted by atomic mass is 9.63. The maximum atomic E-state index is 2.44. The van der Waals surface area contributed by atoms with Gasteiger partial charge in [-0.1, -0.05) is 167 Å². The average molecular weight is 904 g/mol. The molecule has 0 aromatic heterocycles. The van der Waals surface area contributed by atoms with E-state index < -0.39 is 0 Å². The van der Waals surface area contributed by atoms with Crippen molar-refractivity contribution in [3.8, 4) is 0 Å². The molecule has 0 amide bonds. The van der Waals surface area contributed by atoms with E-state index in [0.29, 0.717) is 0 Å². The van der Waals surface area contributed by atoms with Crippen LogP contribution >= 0.6 is 0 Å². The number of anilines is 8. The fourth-order valence-electron chi connectivity index (χ4n) is 10.5. The molecule has 3 aliphatic heterocycles. The second-order valence-electron chi connectivity index (χ2n) is 18.9. The Hall–Kier alpha value is -7.63. The molecule has 9 aromatic carbocycles. The zero-order chi connectivity index (χ0) is 48.1. The van der Waals surface area contributed by atoms with E-state index in [1.54, 1.807) is 0 Å². The van der Waals surface area contributed by atoms with Crippen LogP contribution in [0.2, 0.25) is 0 Å². The molecule has 70 heavy (non-hydrogen) atoms. The highest BCUT2D eigenvalue weighted by atomic mass is 15.4. The molecule has 9 aromatic rings. The van der Waals surface area contributed by atoms with Crippen LogP contribution in [0.3, 0.4) is 0 Å². The minimum absolute atomic E-state index is 0.0356. The summed E-state index contributed by atoms with van der Waals surface area (Å²) in [6.45, 7) is 13.0. The molecule has 3 radical (unpaired) electrons. The molecule has 0 saturated carbocycles. The highest BCUT2D eigenvalue weighted by Gasteiger charge is 2.37. The zero-order valence-electron chi connectivity index (χ0n) is 41.2. The van der Waals surface area contributed by atoms with Gasteiger partial charge in [-0.25, -0.2) is 0 Å². The number of para-hydroxylation sites is 6. The van der Waals surface area contributed by atoms with Crippen LogP contribution in [0.15, 0.2) is 218 Å². The van der Waals surface area contributed by atoms with Gasteiger partial charge in [0, 0.05) is 51.4 Å². The Labute approximate surface area is 418 Å². The lowest BCUT2D eigenvalue weighted by molar-refractivity contribution is 0.863. The van der Waals surface area contributed by atoms with E-state index in [0.717, 1.165) is 6.44 Å². The van der Waals surface area contributed by atoms with E-state index in [2.05, 4.69) is 301 Å². The van der Waals surface area contributed by atoms with Crippen molar-refractivity contribution >= 4 is 83.7 Å². The molecule has 2 atom stereocenters. The molecule has 3 heterocycles. The fourth-order valence-corrected chi connectivity index (χ4v) is 10.5. The number of aryl methyl sites for hydroxylation is 6. The van der Waals surface area contributed by atoms with E-state index in [9.17, 15) is 0 Å². The largest absolute Gasteiger partial charge is 0.350 e. The second-order valence-corrected chi connectivity index (χ2v) is 18.9. The topological polar surface area (TPSA) is 13.0 Å². The zero-order valence-corrected chi connectivity index (χ0v) is 41.2.